The second-order valence-electron chi connectivity index (χ2n) is 1.52. The standard InChI is InChI=1S/C2H6O8S/c3-2(4,5)1-9-11(7,8)10-6/h3-6H,1H2. The Hall–Kier alpha value is -0.290. The number of hydrogen-bond acceptors (Lipinski definition) is 8. The average Bonchev–Trinajstić information content (AvgIpc) is 1.83. The van der Waals surface area contributed by atoms with E-state index in [9.17, 15) is 8.42 Å². The molecule has 0 aliphatic heterocycles. The maximum atomic E-state index is 10.0. The van der Waals surface area contributed by atoms with Gasteiger partial charge < -0.3 is 15.3 Å². The molecule has 0 aliphatic carbocycles. The fraction of sp³-hybridized carbons (Fsp3) is 1.00. The molecule has 0 saturated carbocycles. The molecule has 0 saturated heterocycles. The Kier molecular flexibility index (Phi) is 3.31. The minimum absolute atomic E-state index is 1.37. The molecule has 0 bridgehead atoms. The van der Waals surface area contributed by atoms with E-state index in [1.165, 1.54) is 0 Å². The van der Waals surface area contributed by atoms with Gasteiger partial charge in [-0.15, -0.1) is 0 Å². The Bertz CT molecular complexity index is 197. The van der Waals surface area contributed by atoms with Gasteiger partial charge in [0.1, 0.15) is 6.61 Å². The van der Waals surface area contributed by atoms with Crippen molar-refractivity contribution in [2.45, 2.75) is 5.97 Å². The molecule has 0 heterocycles. The third-order valence-corrected chi connectivity index (χ3v) is 1.08. The molecule has 0 radical (unpaired) electrons. The Morgan fingerprint density at radius 2 is 1.73 bits per heavy atom. The summed E-state index contributed by atoms with van der Waals surface area (Å²) in [6.45, 7) is -1.37. The van der Waals surface area contributed by atoms with Crippen LogP contribution in [0, 0.1) is 0 Å². The van der Waals surface area contributed by atoms with Crippen LogP contribution in [0.25, 0.3) is 0 Å². The minimum atomic E-state index is -4.68. The Morgan fingerprint density at radius 1 is 1.27 bits per heavy atom. The highest BCUT2D eigenvalue weighted by molar-refractivity contribution is 7.81. The molecule has 0 fully saturated rings. The second kappa shape index (κ2) is 3.40. The summed E-state index contributed by atoms with van der Waals surface area (Å²) in [6.07, 6.45) is 0. The van der Waals surface area contributed by atoms with Crippen LogP contribution in [0.3, 0.4) is 0 Å². The van der Waals surface area contributed by atoms with Gasteiger partial charge >= 0.3 is 16.4 Å². The highest BCUT2D eigenvalue weighted by Gasteiger charge is 2.23. The van der Waals surface area contributed by atoms with E-state index in [-0.39, 0.29) is 0 Å². The summed E-state index contributed by atoms with van der Waals surface area (Å²) in [7, 11) is -4.68. The van der Waals surface area contributed by atoms with Crippen LogP contribution in [0.1, 0.15) is 0 Å². The molecule has 0 aromatic carbocycles. The molecule has 9 heteroatoms. The van der Waals surface area contributed by atoms with Gasteiger partial charge in [-0.25, -0.2) is 9.44 Å². The monoisotopic (exact) mass is 190 g/mol. The van der Waals surface area contributed by atoms with E-state index in [1.807, 2.05) is 0 Å². The first-order valence-corrected chi connectivity index (χ1v) is 3.50. The molecule has 4 N–H and O–H groups in total. The fourth-order valence-electron chi connectivity index (χ4n) is 0.173. The van der Waals surface area contributed by atoms with Crippen molar-refractivity contribution in [3.63, 3.8) is 0 Å². The van der Waals surface area contributed by atoms with Gasteiger partial charge in [0.2, 0.25) is 0 Å². The van der Waals surface area contributed by atoms with Crippen molar-refractivity contribution in [2.75, 3.05) is 6.61 Å². The van der Waals surface area contributed by atoms with Crippen molar-refractivity contribution in [1.29, 1.82) is 0 Å². The van der Waals surface area contributed by atoms with Gasteiger partial charge in [-0.1, -0.05) is 4.33 Å². The Labute approximate surface area is 61.5 Å². The third kappa shape index (κ3) is 6.12. The lowest BCUT2D eigenvalue weighted by molar-refractivity contribution is -0.323. The molecule has 0 rings (SSSR count). The molecule has 0 aliphatic rings. The predicted molar refractivity (Wildman–Crippen MR) is 28.0 cm³/mol. The van der Waals surface area contributed by atoms with Crippen LogP contribution < -0.4 is 0 Å². The van der Waals surface area contributed by atoms with E-state index in [0.717, 1.165) is 0 Å². The van der Waals surface area contributed by atoms with Crippen molar-refractivity contribution >= 4 is 10.4 Å². The highest BCUT2D eigenvalue weighted by Crippen LogP contribution is 1.99. The van der Waals surface area contributed by atoms with Crippen molar-refractivity contribution in [3.8, 4) is 0 Å². The normalized spacial score (nSPS) is 13.5. The lowest BCUT2D eigenvalue weighted by Gasteiger charge is -2.11. The summed E-state index contributed by atoms with van der Waals surface area (Å²) in [5.74, 6) is -3.29. The van der Waals surface area contributed by atoms with E-state index in [0.29, 0.717) is 0 Å². The Balaban J connectivity index is 3.91. The zero-order valence-electron chi connectivity index (χ0n) is 5.04. The number of hydrogen-bond donors (Lipinski definition) is 4. The van der Waals surface area contributed by atoms with Crippen LogP contribution in [0.15, 0.2) is 0 Å². The zero-order valence-corrected chi connectivity index (χ0v) is 5.85. The third-order valence-electron chi connectivity index (χ3n) is 0.488. The summed E-state index contributed by atoms with van der Waals surface area (Å²) in [4.78, 5) is 0. The van der Waals surface area contributed by atoms with Gasteiger partial charge in [0, 0.05) is 0 Å². The van der Waals surface area contributed by atoms with Crippen LogP contribution in [-0.4, -0.2) is 41.6 Å². The van der Waals surface area contributed by atoms with Gasteiger partial charge in [-0.05, 0) is 0 Å². The van der Waals surface area contributed by atoms with Gasteiger partial charge in [0.15, 0.2) is 0 Å². The molecular weight excluding hydrogens is 184 g/mol. The largest absolute Gasteiger partial charge is 0.426 e. The summed E-state index contributed by atoms with van der Waals surface area (Å²) >= 11 is 0. The lowest BCUT2D eigenvalue weighted by atomic mass is 10.6. The topological polar surface area (TPSA) is 134 Å². The minimum Gasteiger partial charge on any atom is -0.342 e. The van der Waals surface area contributed by atoms with Gasteiger partial charge in [0.25, 0.3) is 0 Å². The highest BCUT2D eigenvalue weighted by atomic mass is 32.3. The molecular formula is C2H6O8S. The number of aliphatic hydroxyl groups is 3. The lowest BCUT2D eigenvalue weighted by Crippen LogP contribution is -2.34. The molecule has 0 unspecified atom stereocenters. The molecule has 11 heavy (non-hydrogen) atoms. The molecule has 0 aromatic heterocycles. The van der Waals surface area contributed by atoms with E-state index in [2.05, 4.69) is 8.52 Å². The van der Waals surface area contributed by atoms with E-state index in [4.69, 9.17) is 20.6 Å². The fourth-order valence-corrected chi connectivity index (χ4v) is 0.518. The second-order valence-corrected chi connectivity index (χ2v) is 2.72. The summed E-state index contributed by atoms with van der Waals surface area (Å²) in [5, 5.41) is 31.7. The quantitative estimate of drug-likeness (QED) is 0.215. The van der Waals surface area contributed by atoms with Crippen LogP contribution in [-0.2, 0) is 18.9 Å². The van der Waals surface area contributed by atoms with Crippen molar-refractivity contribution in [3.05, 3.63) is 0 Å². The molecule has 68 valence electrons. The van der Waals surface area contributed by atoms with E-state index >= 15 is 0 Å². The molecule has 0 atom stereocenters. The summed E-state index contributed by atoms with van der Waals surface area (Å²) < 4.78 is 26.3. The van der Waals surface area contributed by atoms with E-state index < -0.39 is 23.0 Å². The summed E-state index contributed by atoms with van der Waals surface area (Å²) in [6, 6.07) is 0. The molecule has 8 nitrogen and oxygen atoms in total. The van der Waals surface area contributed by atoms with Gasteiger partial charge in [-0.3, -0.25) is 0 Å². The molecule has 0 amide bonds. The molecule has 0 aromatic rings. The smallest absolute Gasteiger partial charge is 0.342 e. The molecule has 0 spiro atoms. The first-order valence-electron chi connectivity index (χ1n) is 2.16. The Morgan fingerprint density at radius 3 is 2.00 bits per heavy atom. The first kappa shape index (κ1) is 10.7. The van der Waals surface area contributed by atoms with Crippen molar-refractivity contribution in [2.24, 2.45) is 0 Å². The van der Waals surface area contributed by atoms with Crippen LogP contribution >= 0.6 is 0 Å². The van der Waals surface area contributed by atoms with Gasteiger partial charge in [-0.2, -0.15) is 8.42 Å². The summed E-state index contributed by atoms with van der Waals surface area (Å²) in [5.41, 5.74) is 0. The maximum absolute atomic E-state index is 10.0. The first-order chi connectivity index (χ1) is 4.77. The van der Waals surface area contributed by atoms with Crippen LogP contribution in [0.4, 0.5) is 0 Å². The number of rotatable bonds is 4. The predicted octanol–water partition coefficient (Wildman–Crippen LogP) is -2.63. The van der Waals surface area contributed by atoms with Crippen LogP contribution in [0.2, 0.25) is 0 Å². The van der Waals surface area contributed by atoms with E-state index in [1.54, 1.807) is 0 Å². The maximum Gasteiger partial charge on any atom is 0.426 e. The van der Waals surface area contributed by atoms with Crippen molar-refractivity contribution < 1.29 is 37.5 Å². The van der Waals surface area contributed by atoms with Gasteiger partial charge in [0.05, 0.1) is 0 Å². The van der Waals surface area contributed by atoms with Crippen molar-refractivity contribution in [1.82, 2.24) is 0 Å². The van der Waals surface area contributed by atoms with Crippen LogP contribution in [0.5, 0.6) is 0 Å². The average molecular weight is 190 g/mol. The zero-order chi connectivity index (χ0) is 9.12. The SMILES string of the molecule is O=S(=O)(OO)OCC(O)(O)O.